The zero-order valence-electron chi connectivity index (χ0n) is 9.04. The molecule has 1 heterocycles. The Morgan fingerprint density at radius 1 is 1.56 bits per heavy atom. The minimum absolute atomic E-state index is 0.0988. The van der Waals surface area contributed by atoms with Gasteiger partial charge in [-0.2, -0.15) is 0 Å². The van der Waals surface area contributed by atoms with Gasteiger partial charge in [0, 0.05) is 24.0 Å². The Kier molecular flexibility index (Phi) is 3.19. The van der Waals surface area contributed by atoms with Crippen molar-refractivity contribution in [1.82, 2.24) is 10.2 Å². The molecule has 16 heavy (non-hydrogen) atoms. The molecule has 0 bridgehead atoms. The van der Waals surface area contributed by atoms with Crippen LogP contribution in [0.4, 0.5) is 0 Å². The lowest BCUT2D eigenvalue weighted by molar-refractivity contribution is -0.129. The molecule has 88 valence electrons. The third-order valence-corrected chi connectivity index (χ3v) is 3.10. The van der Waals surface area contributed by atoms with Gasteiger partial charge in [0.15, 0.2) is 0 Å². The molecule has 0 aromatic carbocycles. The number of carbonyl (C=O) groups excluding carboxylic acids is 2. The van der Waals surface area contributed by atoms with Crippen LogP contribution in [0.25, 0.3) is 0 Å². The van der Waals surface area contributed by atoms with E-state index in [1.807, 2.05) is 4.90 Å². The van der Waals surface area contributed by atoms with E-state index in [9.17, 15) is 9.59 Å². The third kappa shape index (κ3) is 2.55. The average molecular weight is 243 g/mol. The maximum Gasteiger partial charge on any atom is 0.225 e. The summed E-state index contributed by atoms with van der Waals surface area (Å²) < 4.78 is 0. The number of nitrogens with one attached hydrogen (secondary N) is 1. The minimum atomic E-state index is -0.218. The predicted molar refractivity (Wildman–Crippen MR) is 60.8 cm³/mol. The molecule has 1 atom stereocenters. The molecule has 1 unspecified atom stereocenters. The highest BCUT2D eigenvalue weighted by atomic mass is 35.5. The summed E-state index contributed by atoms with van der Waals surface area (Å²) in [6.07, 6.45) is 2.49. The first-order valence-corrected chi connectivity index (χ1v) is 5.86. The lowest BCUT2D eigenvalue weighted by Crippen LogP contribution is -2.34. The van der Waals surface area contributed by atoms with E-state index in [0.717, 1.165) is 12.8 Å². The molecule has 0 aromatic rings. The number of nitrogens with zero attached hydrogens (tertiary/aromatic N) is 1. The topological polar surface area (TPSA) is 49.4 Å². The molecule has 5 heteroatoms. The van der Waals surface area contributed by atoms with Crippen molar-refractivity contribution in [2.75, 3.05) is 13.1 Å². The lowest BCUT2D eigenvalue weighted by atomic mass is 10.1. The number of hydrogen-bond donors (Lipinski definition) is 1. The molecule has 1 aliphatic carbocycles. The number of hydrogen-bond acceptors (Lipinski definition) is 2. The van der Waals surface area contributed by atoms with E-state index in [0.29, 0.717) is 24.0 Å². The molecule has 1 aliphatic heterocycles. The summed E-state index contributed by atoms with van der Waals surface area (Å²) in [6.45, 7) is 4.33. The second kappa shape index (κ2) is 4.45. The van der Waals surface area contributed by atoms with Gasteiger partial charge in [0.2, 0.25) is 11.8 Å². The van der Waals surface area contributed by atoms with Crippen molar-refractivity contribution in [3.63, 3.8) is 0 Å². The predicted octanol–water partition coefficient (Wildman–Crippen LogP) is 0.866. The molecule has 2 aliphatic rings. The number of carbonyl (C=O) groups is 2. The maximum absolute atomic E-state index is 11.7. The summed E-state index contributed by atoms with van der Waals surface area (Å²) in [5.74, 6) is -0.213. The van der Waals surface area contributed by atoms with E-state index in [1.54, 1.807) is 0 Å². The fraction of sp³-hybridized carbons (Fsp3) is 0.636. The van der Waals surface area contributed by atoms with E-state index >= 15 is 0 Å². The van der Waals surface area contributed by atoms with Gasteiger partial charge in [-0.15, -0.1) is 0 Å². The highest BCUT2D eigenvalue weighted by molar-refractivity contribution is 6.29. The van der Waals surface area contributed by atoms with Gasteiger partial charge in [-0.25, -0.2) is 0 Å². The van der Waals surface area contributed by atoms with Crippen LogP contribution in [0.1, 0.15) is 19.3 Å². The minimum Gasteiger partial charge on any atom is -0.351 e. The van der Waals surface area contributed by atoms with Gasteiger partial charge in [0.25, 0.3) is 0 Å². The Balaban J connectivity index is 1.84. The van der Waals surface area contributed by atoms with Crippen LogP contribution < -0.4 is 5.32 Å². The molecule has 2 rings (SSSR count). The van der Waals surface area contributed by atoms with Gasteiger partial charge in [0.05, 0.1) is 12.5 Å². The van der Waals surface area contributed by atoms with Gasteiger partial charge < -0.3 is 10.2 Å². The van der Waals surface area contributed by atoms with Crippen molar-refractivity contribution in [2.45, 2.75) is 25.3 Å². The first-order valence-electron chi connectivity index (χ1n) is 5.48. The number of likely N-dealkylation sites (tertiary alicyclic amines) is 1. The molecule has 2 fully saturated rings. The molecule has 0 aromatic heterocycles. The van der Waals surface area contributed by atoms with Crippen LogP contribution in [0.2, 0.25) is 0 Å². The Bertz CT molecular complexity index is 339. The zero-order chi connectivity index (χ0) is 11.7. The van der Waals surface area contributed by atoms with E-state index in [4.69, 9.17) is 11.6 Å². The maximum atomic E-state index is 11.7. The van der Waals surface area contributed by atoms with Gasteiger partial charge in [-0.05, 0) is 12.8 Å². The summed E-state index contributed by atoms with van der Waals surface area (Å²) in [5, 5.41) is 3.07. The highest BCUT2D eigenvalue weighted by Crippen LogP contribution is 2.32. The molecule has 2 amide bonds. The average Bonchev–Trinajstić information content (AvgIpc) is 2.99. The Hall–Kier alpha value is -1.03. The monoisotopic (exact) mass is 242 g/mol. The third-order valence-electron chi connectivity index (χ3n) is 2.97. The molecule has 0 radical (unpaired) electrons. The number of amides is 2. The molecule has 0 spiro atoms. The van der Waals surface area contributed by atoms with E-state index in [1.165, 1.54) is 0 Å². The van der Waals surface area contributed by atoms with E-state index in [2.05, 4.69) is 11.9 Å². The van der Waals surface area contributed by atoms with Crippen molar-refractivity contribution >= 4 is 23.4 Å². The van der Waals surface area contributed by atoms with Crippen LogP contribution in [0, 0.1) is 5.92 Å². The summed E-state index contributed by atoms with van der Waals surface area (Å²) in [6, 6.07) is 0.397. The van der Waals surface area contributed by atoms with Crippen molar-refractivity contribution in [1.29, 1.82) is 0 Å². The Morgan fingerprint density at radius 2 is 2.25 bits per heavy atom. The normalized spacial score (nSPS) is 24.7. The highest BCUT2D eigenvalue weighted by Gasteiger charge is 2.41. The molecular formula is C11H15ClN2O2. The fourth-order valence-corrected chi connectivity index (χ4v) is 2.04. The quantitative estimate of drug-likeness (QED) is 0.795. The largest absolute Gasteiger partial charge is 0.351 e. The van der Waals surface area contributed by atoms with Gasteiger partial charge in [-0.3, -0.25) is 9.59 Å². The van der Waals surface area contributed by atoms with Crippen molar-refractivity contribution in [2.24, 2.45) is 5.92 Å². The SMILES string of the molecule is C=C(Cl)CNC(=O)C1CC(=O)N(C2CC2)C1. The number of halogens is 1. The second-order valence-electron chi connectivity index (χ2n) is 4.41. The van der Waals surface area contributed by atoms with Crippen LogP contribution in [0.3, 0.4) is 0 Å². The number of rotatable bonds is 4. The van der Waals surface area contributed by atoms with Crippen LogP contribution in [0.5, 0.6) is 0 Å². The molecule has 1 N–H and O–H groups in total. The molecule has 1 saturated heterocycles. The molecule has 4 nitrogen and oxygen atoms in total. The van der Waals surface area contributed by atoms with Crippen LogP contribution in [-0.4, -0.2) is 35.8 Å². The molecule has 1 saturated carbocycles. The smallest absolute Gasteiger partial charge is 0.225 e. The zero-order valence-corrected chi connectivity index (χ0v) is 9.79. The van der Waals surface area contributed by atoms with E-state index < -0.39 is 0 Å². The Morgan fingerprint density at radius 3 is 2.81 bits per heavy atom. The van der Waals surface area contributed by atoms with Crippen molar-refractivity contribution in [3.05, 3.63) is 11.6 Å². The lowest BCUT2D eigenvalue weighted by Gasteiger charge is -2.15. The van der Waals surface area contributed by atoms with Crippen LogP contribution in [-0.2, 0) is 9.59 Å². The van der Waals surface area contributed by atoms with Crippen LogP contribution in [0.15, 0.2) is 11.6 Å². The van der Waals surface area contributed by atoms with Crippen molar-refractivity contribution < 1.29 is 9.59 Å². The first kappa shape index (κ1) is 11.5. The second-order valence-corrected chi connectivity index (χ2v) is 4.95. The van der Waals surface area contributed by atoms with Gasteiger partial charge in [-0.1, -0.05) is 18.2 Å². The first-order chi connectivity index (χ1) is 7.58. The summed E-state index contributed by atoms with van der Waals surface area (Å²) in [4.78, 5) is 25.1. The van der Waals surface area contributed by atoms with Crippen LogP contribution >= 0.6 is 11.6 Å². The van der Waals surface area contributed by atoms with Crippen molar-refractivity contribution in [3.8, 4) is 0 Å². The van der Waals surface area contributed by atoms with Gasteiger partial charge in [0.1, 0.15) is 0 Å². The summed E-state index contributed by atoms with van der Waals surface area (Å²) >= 11 is 5.56. The van der Waals surface area contributed by atoms with E-state index in [-0.39, 0.29) is 24.3 Å². The summed E-state index contributed by atoms with van der Waals surface area (Å²) in [7, 11) is 0. The standard InChI is InChI=1S/C11H15ClN2O2/c1-7(12)5-13-11(16)8-4-10(15)14(6-8)9-2-3-9/h8-9H,1-6H2,(H,13,16). The molecular weight excluding hydrogens is 228 g/mol. The Labute approximate surface area is 99.6 Å². The van der Waals surface area contributed by atoms with Gasteiger partial charge >= 0.3 is 0 Å². The fourth-order valence-electron chi connectivity index (χ4n) is 1.97. The summed E-state index contributed by atoms with van der Waals surface area (Å²) in [5.41, 5.74) is 0.